The van der Waals surface area contributed by atoms with Crippen molar-refractivity contribution < 1.29 is 4.57 Å². The van der Waals surface area contributed by atoms with Gasteiger partial charge in [0.2, 0.25) is 5.52 Å². The fourth-order valence-corrected chi connectivity index (χ4v) is 6.24. The van der Waals surface area contributed by atoms with Gasteiger partial charge in [0.1, 0.15) is 7.05 Å². The van der Waals surface area contributed by atoms with Crippen molar-refractivity contribution in [2.24, 2.45) is 7.05 Å². The van der Waals surface area contributed by atoms with E-state index in [1.165, 1.54) is 76.5 Å². The number of hydrogen-bond acceptors (Lipinski definition) is 0. The number of aromatic nitrogens is 2. The van der Waals surface area contributed by atoms with Gasteiger partial charge >= 0.3 is 0 Å². The lowest BCUT2D eigenvalue weighted by Crippen LogP contribution is -2.29. The zero-order chi connectivity index (χ0) is 21.7. The zero-order valence-electron chi connectivity index (χ0n) is 19.0. The van der Waals surface area contributed by atoms with Crippen LogP contribution in [0.25, 0.3) is 59.8 Å². The van der Waals surface area contributed by atoms with Crippen molar-refractivity contribution in [3.05, 3.63) is 83.6 Å². The van der Waals surface area contributed by atoms with Crippen LogP contribution in [0.15, 0.2) is 66.9 Å². The van der Waals surface area contributed by atoms with Gasteiger partial charge in [0.05, 0.1) is 27.3 Å². The van der Waals surface area contributed by atoms with E-state index >= 15 is 0 Å². The summed E-state index contributed by atoms with van der Waals surface area (Å²) in [7, 11) is 2.19. The molecule has 0 spiro atoms. The van der Waals surface area contributed by atoms with E-state index in [1.807, 2.05) is 0 Å². The van der Waals surface area contributed by atoms with Crippen LogP contribution in [0.4, 0.5) is 0 Å². The third-order valence-electron chi connectivity index (χ3n) is 7.66. The Hall–Kier alpha value is -3.65. The molecule has 4 aromatic carbocycles. The van der Waals surface area contributed by atoms with E-state index in [4.69, 9.17) is 0 Å². The Morgan fingerprint density at radius 2 is 1.44 bits per heavy atom. The Morgan fingerprint density at radius 1 is 0.750 bits per heavy atom. The number of hydrogen-bond donors (Lipinski definition) is 0. The Balaban J connectivity index is 2.01. The van der Waals surface area contributed by atoms with Gasteiger partial charge in [-0.3, -0.25) is 0 Å². The zero-order valence-corrected chi connectivity index (χ0v) is 19.0. The molecule has 0 fully saturated rings. The minimum Gasteiger partial charge on any atom is -0.307 e. The van der Waals surface area contributed by atoms with Gasteiger partial charge < -0.3 is 4.40 Å². The van der Waals surface area contributed by atoms with Crippen molar-refractivity contribution in [3.63, 3.8) is 0 Å². The highest BCUT2D eigenvalue weighted by Crippen LogP contribution is 2.44. The van der Waals surface area contributed by atoms with Crippen LogP contribution >= 0.6 is 0 Å². The molecule has 0 N–H and O–H groups in total. The van der Waals surface area contributed by atoms with Crippen molar-refractivity contribution in [2.75, 3.05) is 0 Å². The number of aryl methyl sites for hydroxylation is 4. The first-order chi connectivity index (χ1) is 15.6. The molecule has 0 aliphatic rings. The maximum atomic E-state index is 2.57. The molecule has 0 radical (unpaired) electrons. The molecule has 0 unspecified atom stereocenters. The second-order valence-corrected chi connectivity index (χ2v) is 9.22. The summed E-state index contributed by atoms with van der Waals surface area (Å²) in [6.07, 6.45) is 3.26. The highest BCUT2D eigenvalue weighted by Gasteiger charge is 2.27. The molecule has 32 heavy (non-hydrogen) atoms. The summed E-state index contributed by atoms with van der Waals surface area (Å²) in [6.45, 7) is 6.88. The van der Waals surface area contributed by atoms with Gasteiger partial charge in [0, 0.05) is 16.8 Å². The molecule has 3 aromatic heterocycles. The number of pyridine rings is 2. The first-order valence-corrected chi connectivity index (χ1v) is 11.5. The maximum Gasteiger partial charge on any atom is 0.224 e. The lowest BCUT2D eigenvalue weighted by Gasteiger charge is -2.18. The lowest BCUT2D eigenvalue weighted by atomic mass is 9.92. The van der Waals surface area contributed by atoms with Crippen molar-refractivity contribution >= 4 is 59.8 Å². The van der Waals surface area contributed by atoms with Gasteiger partial charge in [-0.1, -0.05) is 49.4 Å². The van der Waals surface area contributed by atoms with Crippen LogP contribution in [-0.4, -0.2) is 4.40 Å². The summed E-state index contributed by atoms with van der Waals surface area (Å²) < 4.78 is 4.90. The fraction of sp³-hybridized carbons (Fsp3) is 0.167. The molecule has 2 heteroatoms. The summed E-state index contributed by atoms with van der Waals surface area (Å²) in [5, 5.41) is 9.55. The first-order valence-electron chi connectivity index (χ1n) is 11.5. The van der Waals surface area contributed by atoms with Crippen LogP contribution in [0.3, 0.4) is 0 Å². The summed E-state index contributed by atoms with van der Waals surface area (Å²) in [5.41, 5.74) is 9.51. The van der Waals surface area contributed by atoms with Crippen LogP contribution in [0.5, 0.6) is 0 Å². The highest BCUT2D eigenvalue weighted by atomic mass is 15.0. The lowest BCUT2D eigenvalue weighted by molar-refractivity contribution is -0.643. The second kappa shape index (κ2) is 5.98. The molecule has 3 heterocycles. The van der Waals surface area contributed by atoms with E-state index in [-0.39, 0.29) is 0 Å². The number of nitrogens with zero attached hydrogens (tertiary/aromatic N) is 2. The van der Waals surface area contributed by atoms with Gasteiger partial charge in [-0.15, -0.1) is 0 Å². The first kappa shape index (κ1) is 18.0. The average Bonchev–Trinajstić information content (AvgIpc) is 3.17. The minimum atomic E-state index is 1.03. The van der Waals surface area contributed by atoms with Gasteiger partial charge in [0.15, 0.2) is 6.20 Å². The number of rotatable bonds is 1. The van der Waals surface area contributed by atoms with Crippen LogP contribution in [0.1, 0.15) is 23.6 Å². The van der Waals surface area contributed by atoms with Crippen molar-refractivity contribution in [3.8, 4) is 0 Å². The van der Waals surface area contributed by atoms with Crippen molar-refractivity contribution in [1.29, 1.82) is 0 Å². The fourth-order valence-electron chi connectivity index (χ4n) is 6.24. The second-order valence-electron chi connectivity index (χ2n) is 9.22. The van der Waals surface area contributed by atoms with Gasteiger partial charge in [-0.2, -0.15) is 0 Å². The summed E-state index contributed by atoms with van der Waals surface area (Å²) in [5.74, 6) is 0. The molecule has 154 valence electrons. The monoisotopic (exact) mass is 413 g/mol. The Labute approximate surface area is 186 Å². The van der Waals surface area contributed by atoms with Crippen LogP contribution in [0.2, 0.25) is 0 Å². The average molecular weight is 414 g/mol. The predicted molar refractivity (Wildman–Crippen MR) is 136 cm³/mol. The molecule has 0 aliphatic heterocycles. The third-order valence-corrected chi connectivity index (χ3v) is 7.66. The number of fused-ring (bicyclic) bond motifs is 7. The Bertz CT molecular complexity index is 1890. The summed E-state index contributed by atoms with van der Waals surface area (Å²) in [4.78, 5) is 0. The molecule has 0 saturated heterocycles. The van der Waals surface area contributed by atoms with E-state index in [2.05, 4.69) is 104 Å². The van der Waals surface area contributed by atoms with Crippen LogP contribution in [0, 0.1) is 13.8 Å². The van der Waals surface area contributed by atoms with Crippen LogP contribution < -0.4 is 4.57 Å². The maximum absolute atomic E-state index is 2.57. The topological polar surface area (TPSA) is 8.29 Å². The highest BCUT2D eigenvalue weighted by molar-refractivity contribution is 6.29. The molecule has 0 atom stereocenters. The third kappa shape index (κ3) is 1.94. The summed E-state index contributed by atoms with van der Waals surface area (Å²) in [6, 6.07) is 22.5. The SMILES string of the molecule is CCc1cc2cc[n+](C)c3c4c(C)c5ccccc5c(C)c4n4c5ccccc5c1c4c23. The van der Waals surface area contributed by atoms with Crippen LogP contribution in [-0.2, 0) is 13.5 Å². The molecule has 7 rings (SSSR count). The molecule has 0 saturated carbocycles. The Kier molecular flexibility index (Phi) is 3.36. The number of benzene rings is 4. The van der Waals surface area contributed by atoms with Gasteiger partial charge in [-0.05, 0) is 65.3 Å². The summed E-state index contributed by atoms with van der Waals surface area (Å²) >= 11 is 0. The molecule has 0 aliphatic carbocycles. The smallest absolute Gasteiger partial charge is 0.224 e. The van der Waals surface area contributed by atoms with E-state index in [0.29, 0.717) is 0 Å². The van der Waals surface area contributed by atoms with Crippen molar-refractivity contribution in [2.45, 2.75) is 27.2 Å². The molecule has 0 amide bonds. The quantitative estimate of drug-likeness (QED) is 0.153. The molecular weight excluding hydrogens is 388 g/mol. The van der Waals surface area contributed by atoms with Gasteiger partial charge in [0.25, 0.3) is 0 Å². The van der Waals surface area contributed by atoms with Gasteiger partial charge in [-0.25, -0.2) is 4.57 Å². The van der Waals surface area contributed by atoms with E-state index in [9.17, 15) is 0 Å². The number of para-hydroxylation sites is 1. The van der Waals surface area contributed by atoms with Crippen molar-refractivity contribution in [1.82, 2.24) is 4.40 Å². The molecule has 0 bridgehead atoms. The standard InChI is InChI=1S/C30H25N2/c1-5-19-16-20-14-15-31(4)29-25-17(2)21-10-6-7-11-22(21)18(3)28(25)32-24-13-9-8-12-23(24)26(19)30(32)27(20)29/h6-16H,5H2,1-4H3/q+1. The minimum absolute atomic E-state index is 1.03. The van der Waals surface area contributed by atoms with E-state index < -0.39 is 0 Å². The molecule has 2 nitrogen and oxygen atoms in total. The van der Waals surface area contributed by atoms with E-state index in [0.717, 1.165) is 6.42 Å². The predicted octanol–water partition coefficient (Wildman–Crippen LogP) is 7.15. The molecular formula is C30H25N2+. The Morgan fingerprint density at radius 3 is 2.19 bits per heavy atom. The normalized spacial score (nSPS) is 12.5. The molecule has 7 aromatic rings. The largest absolute Gasteiger partial charge is 0.307 e. The van der Waals surface area contributed by atoms with E-state index in [1.54, 1.807) is 0 Å².